The quantitative estimate of drug-likeness (QED) is 0.623. The molecule has 0 unspecified atom stereocenters. The summed E-state index contributed by atoms with van der Waals surface area (Å²) in [6.45, 7) is 1.99. The molecule has 0 aliphatic heterocycles. The zero-order valence-electron chi connectivity index (χ0n) is 11.3. The summed E-state index contributed by atoms with van der Waals surface area (Å²) in [4.78, 5) is 33.6. The van der Waals surface area contributed by atoms with E-state index >= 15 is 0 Å². The molecule has 0 bridgehead atoms. The van der Waals surface area contributed by atoms with Crippen LogP contribution in [0.15, 0.2) is 18.2 Å². The van der Waals surface area contributed by atoms with Gasteiger partial charge in [-0.25, -0.2) is 9.59 Å². The van der Waals surface area contributed by atoms with Crippen LogP contribution in [-0.2, 0) is 4.79 Å². The molecule has 0 aromatic heterocycles. The van der Waals surface area contributed by atoms with Gasteiger partial charge in [0.05, 0.1) is 9.13 Å². The Labute approximate surface area is 135 Å². The Hall–Kier alpha value is -1.84. The largest absolute Gasteiger partial charge is 0.483 e. The zero-order chi connectivity index (χ0) is 15.8. The summed E-state index contributed by atoms with van der Waals surface area (Å²) in [5.74, 6) is -1.42. The Bertz CT molecular complexity index is 547. The Kier molecular flexibility index (Phi) is 6.92. The number of urea groups is 1. The zero-order valence-corrected chi connectivity index (χ0v) is 13.5. The summed E-state index contributed by atoms with van der Waals surface area (Å²) in [5.41, 5.74) is 0.0616. The van der Waals surface area contributed by atoms with Crippen molar-refractivity contribution in [3.05, 3.63) is 27.3 Å². The molecule has 0 aliphatic rings. The van der Waals surface area contributed by atoms with Crippen LogP contribution in [0.5, 0.6) is 5.75 Å². The number of carbonyl (C=O) groups excluding carboxylic acids is 2. The molecule has 21 heavy (non-hydrogen) atoms. The van der Waals surface area contributed by atoms with Crippen molar-refractivity contribution in [2.24, 2.45) is 0 Å². The number of aromatic carboxylic acids is 1. The van der Waals surface area contributed by atoms with Crippen LogP contribution >= 0.6 is 22.6 Å². The number of carboxylic acid groups (broad SMARTS) is 1. The molecule has 0 radical (unpaired) electrons. The first-order valence-corrected chi connectivity index (χ1v) is 7.25. The molecule has 7 nitrogen and oxygen atoms in total. The van der Waals surface area contributed by atoms with E-state index < -0.39 is 17.9 Å². The van der Waals surface area contributed by atoms with Crippen LogP contribution in [0.3, 0.4) is 0 Å². The Morgan fingerprint density at radius 1 is 1.33 bits per heavy atom. The molecule has 3 amide bonds. The van der Waals surface area contributed by atoms with E-state index in [4.69, 9.17) is 9.84 Å². The highest BCUT2D eigenvalue weighted by atomic mass is 127. The topological polar surface area (TPSA) is 105 Å². The molecule has 0 aliphatic carbocycles. The van der Waals surface area contributed by atoms with Gasteiger partial charge < -0.3 is 15.2 Å². The SMILES string of the molecule is CCCNC(=O)NC(=O)COc1cc(C(=O)O)ccc1I. The van der Waals surface area contributed by atoms with Crippen LogP contribution in [0.25, 0.3) is 0 Å². The third-order valence-electron chi connectivity index (χ3n) is 2.33. The third kappa shape index (κ3) is 5.98. The average Bonchev–Trinajstić information content (AvgIpc) is 2.43. The monoisotopic (exact) mass is 406 g/mol. The van der Waals surface area contributed by atoms with Crippen molar-refractivity contribution >= 4 is 40.5 Å². The fraction of sp³-hybridized carbons (Fsp3) is 0.308. The van der Waals surface area contributed by atoms with Gasteiger partial charge in [0.1, 0.15) is 5.75 Å². The van der Waals surface area contributed by atoms with Gasteiger partial charge in [0.25, 0.3) is 5.91 Å². The molecule has 0 atom stereocenters. The maximum absolute atomic E-state index is 11.5. The van der Waals surface area contributed by atoms with Crippen LogP contribution in [0, 0.1) is 3.57 Å². The maximum atomic E-state index is 11.5. The molecule has 114 valence electrons. The first-order valence-electron chi connectivity index (χ1n) is 6.17. The normalized spacial score (nSPS) is 9.81. The fourth-order valence-corrected chi connectivity index (χ4v) is 1.83. The standard InChI is InChI=1S/C13H15IN2O5/c1-2-5-15-13(20)16-11(17)7-21-10-6-8(12(18)19)3-4-9(10)14/h3-4,6H,2,5,7H2,1H3,(H,18,19)(H2,15,16,17,20). The second-order valence-electron chi connectivity index (χ2n) is 4.04. The minimum Gasteiger partial charge on any atom is -0.483 e. The van der Waals surface area contributed by atoms with E-state index in [1.807, 2.05) is 29.5 Å². The van der Waals surface area contributed by atoms with Crippen molar-refractivity contribution in [3.8, 4) is 5.75 Å². The summed E-state index contributed by atoms with van der Waals surface area (Å²) in [6.07, 6.45) is 0.762. The minimum absolute atomic E-state index is 0.0616. The van der Waals surface area contributed by atoms with Crippen molar-refractivity contribution < 1.29 is 24.2 Å². The van der Waals surface area contributed by atoms with Crippen LogP contribution in [0.2, 0.25) is 0 Å². The first kappa shape index (κ1) is 17.2. The van der Waals surface area contributed by atoms with Gasteiger partial charge in [-0.15, -0.1) is 0 Å². The van der Waals surface area contributed by atoms with E-state index in [-0.39, 0.29) is 17.9 Å². The van der Waals surface area contributed by atoms with E-state index in [0.717, 1.165) is 6.42 Å². The molecule has 0 heterocycles. The molecular weight excluding hydrogens is 391 g/mol. The number of rotatable bonds is 6. The lowest BCUT2D eigenvalue weighted by Gasteiger charge is -2.09. The number of ether oxygens (including phenoxy) is 1. The predicted molar refractivity (Wildman–Crippen MR) is 83.4 cm³/mol. The third-order valence-corrected chi connectivity index (χ3v) is 3.22. The second-order valence-corrected chi connectivity index (χ2v) is 5.21. The van der Waals surface area contributed by atoms with Gasteiger partial charge in [-0.2, -0.15) is 0 Å². The van der Waals surface area contributed by atoms with Gasteiger partial charge >= 0.3 is 12.0 Å². The number of imide groups is 1. The first-order chi connectivity index (χ1) is 9.93. The molecule has 1 rings (SSSR count). The van der Waals surface area contributed by atoms with Crippen LogP contribution in [0.4, 0.5) is 4.79 Å². The van der Waals surface area contributed by atoms with Crippen molar-refractivity contribution in [2.45, 2.75) is 13.3 Å². The van der Waals surface area contributed by atoms with E-state index in [1.54, 1.807) is 6.07 Å². The lowest BCUT2D eigenvalue weighted by atomic mass is 10.2. The molecule has 0 saturated heterocycles. The van der Waals surface area contributed by atoms with Gasteiger partial charge in [-0.05, 0) is 47.2 Å². The van der Waals surface area contributed by atoms with Crippen molar-refractivity contribution in [3.63, 3.8) is 0 Å². The van der Waals surface area contributed by atoms with Gasteiger partial charge in [0, 0.05) is 6.54 Å². The Morgan fingerprint density at radius 3 is 2.67 bits per heavy atom. The van der Waals surface area contributed by atoms with Gasteiger partial charge in [-0.3, -0.25) is 10.1 Å². The van der Waals surface area contributed by atoms with Crippen LogP contribution in [-0.4, -0.2) is 36.2 Å². The smallest absolute Gasteiger partial charge is 0.335 e. The fourth-order valence-electron chi connectivity index (χ4n) is 1.34. The molecule has 8 heteroatoms. The van der Waals surface area contributed by atoms with E-state index in [1.165, 1.54) is 12.1 Å². The van der Waals surface area contributed by atoms with Crippen LogP contribution < -0.4 is 15.4 Å². The summed E-state index contributed by atoms with van der Waals surface area (Å²) in [6, 6.07) is 3.76. The Balaban J connectivity index is 2.55. The van der Waals surface area contributed by atoms with Gasteiger partial charge in [0.2, 0.25) is 0 Å². The highest BCUT2D eigenvalue weighted by Crippen LogP contribution is 2.22. The minimum atomic E-state index is -1.08. The summed E-state index contributed by atoms with van der Waals surface area (Å²) >= 11 is 1.96. The number of hydrogen-bond donors (Lipinski definition) is 3. The number of carboxylic acids is 1. The maximum Gasteiger partial charge on any atom is 0.335 e. The lowest BCUT2D eigenvalue weighted by Crippen LogP contribution is -2.41. The average molecular weight is 406 g/mol. The summed E-state index contributed by atoms with van der Waals surface area (Å²) < 4.78 is 5.90. The number of halogens is 1. The number of hydrogen-bond acceptors (Lipinski definition) is 4. The van der Waals surface area contributed by atoms with Crippen molar-refractivity contribution in [1.29, 1.82) is 0 Å². The van der Waals surface area contributed by atoms with Crippen molar-refractivity contribution in [1.82, 2.24) is 10.6 Å². The summed E-state index contributed by atoms with van der Waals surface area (Å²) in [5, 5.41) is 13.5. The second kappa shape index (κ2) is 8.45. The number of nitrogens with one attached hydrogen (secondary N) is 2. The highest BCUT2D eigenvalue weighted by molar-refractivity contribution is 14.1. The van der Waals surface area contributed by atoms with E-state index in [9.17, 15) is 14.4 Å². The van der Waals surface area contributed by atoms with Crippen LogP contribution in [0.1, 0.15) is 23.7 Å². The summed E-state index contributed by atoms with van der Waals surface area (Å²) in [7, 11) is 0. The number of amides is 3. The molecular formula is C13H15IN2O5. The predicted octanol–water partition coefficient (Wildman–Crippen LogP) is 1.60. The molecule has 0 fully saturated rings. The van der Waals surface area contributed by atoms with E-state index in [0.29, 0.717) is 10.1 Å². The number of carbonyl (C=O) groups is 3. The van der Waals surface area contributed by atoms with Gasteiger partial charge in [-0.1, -0.05) is 6.92 Å². The molecule has 3 N–H and O–H groups in total. The highest BCUT2D eigenvalue weighted by Gasteiger charge is 2.11. The molecule has 1 aromatic carbocycles. The Morgan fingerprint density at radius 2 is 2.05 bits per heavy atom. The number of benzene rings is 1. The van der Waals surface area contributed by atoms with Gasteiger partial charge in [0.15, 0.2) is 6.61 Å². The molecule has 0 saturated carbocycles. The molecule has 1 aromatic rings. The lowest BCUT2D eigenvalue weighted by molar-refractivity contribution is -0.122. The van der Waals surface area contributed by atoms with E-state index in [2.05, 4.69) is 10.6 Å². The molecule has 0 spiro atoms. The van der Waals surface area contributed by atoms with Crippen molar-refractivity contribution in [2.75, 3.05) is 13.2 Å².